The van der Waals surface area contributed by atoms with Gasteiger partial charge in [-0.25, -0.2) is 4.79 Å². The van der Waals surface area contributed by atoms with Gasteiger partial charge in [0.2, 0.25) is 0 Å². The number of ether oxygens (including phenoxy) is 1. The van der Waals surface area contributed by atoms with Crippen LogP contribution in [0.1, 0.15) is 29.2 Å². The van der Waals surface area contributed by atoms with Crippen molar-refractivity contribution in [2.75, 3.05) is 0 Å². The normalized spacial score (nSPS) is 20.0. The van der Waals surface area contributed by atoms with E-state index in [1.54, 1.807) is 0 Å². The number of hydrogen-bond donors (Lipinski definition) is 2. The number of nitrogens with one attached hydrogen (secondary N) is 1. The van der Waals surface area contributed by atoms with Crippen LogP contribution in [-0.2, 0) is 17.8 Å². The average molecular weight is 297 g/mol. The van der Waals surface area contributed by atoms with Crippen molar-refractivity contribution in [3.8, 4) is 0 Å². The van der Waals surface area contributed by atoms with Crippen molar-refractivity contribution in [1.82, 2.24) is 5.32 Å². The minimum Gasteiger partial charge on any atom is -0.445 e. The maximum atomic E-state index is 12.0. The van der Waals surface area contributed by atoms with E-state index in [0.717, 1.165) is 17.5 Å². The highest BCUT2D eigenvalue weighted by Crippen LogP contribution is 2.29. The molecule has 1 aliphatic carbocycles. The Hall–Kier alpha value is -2.33. The van der Waals surface area contributed by atoms with E-state index in [9.17, 15) is 9.90 Å². The summed E-state index contributed by atoms with van der Waals surface area (Å²) in [5.74, 6) is 0. The molecule has 0 saturated carbocycles. The Morgan fingerprint density at radius 1 is 1.14 bits per heavy atom. The van der Waals surface area contributed by atoms with E-state index in [2.05, 4.69) is 5.32 Å². The number of aryl methyl sites for hydroxylation is 1. The van der Waals surface area contributed by atoms with Crippen LogP contribution in [0.15, 0.2) is 54.6 Å². The van der Waals surface area contributed by atoms with Crippen molar-refractivity contribution >= 4 is 6.09 Å². The Bertz CT molecular complexity index is 642. The molecule has 4 nitrogen and oxygen atoms in total. The summed E-state index contributed by atoms with van der Waals surface area (Å²) in [6, 6.07) is 17.0. The lowest BCUT2D eigenvalue weighted by molar-refractivity contribution is 0.0917. The Morgan fingerprint density at radius 3 is 2.68 bits per heavy atom. The largest absolute Gasteiger partial charge is 0.445 e. The van der Waals surface area contributed by atoms with E-state index in [4.69, 9.17) is 4.74 Å². The minimum atomic E-state index is -0.584. The number of aliphatic hydroxyl groups is 1. The molecule has 2 N–H and O–H groups in total. The van der Waals surface area contributed by atoms with Crippen LogP contribution in [0.2, 0.25) is 0 Å². The zero-order chi connectivity index (χ0) is 15.4. The van der Waals surface area contributed by atoms with E-state index in [1.165, 1.54) is 5.56 Å². The summed E-state index contributed by atoms with van der Waals surface area (Å²) in [5.41, 5.74) is 3.07. The predicted octanol–water partition coefficient (Wildman–Crippen LogP) is 2.96. The van der Waals surface area contributed by atoms with Crippen LogP contribution < -0.4 is 5.32 Å². The molecule has 3 rings (SSSR count). The molecule has 1 amide bonds. The molecular weight excluding hydrogens is 278 g/mol. The summed E-state index contributed by atoms with van der Waals surface area (Å²) in [5, 5.41) is 13.0. The van der Waals surface area contributed by atoms with Crippen LogP contribution in [0.4, 0.5) is 4.79 Å². The highest BCUT2D eigenvalue weighted by atomic mass is 16.5. The molecule has 2 atom stereocenters. The molecule has 0 unspecified atom stereocenters. The quantitative estimate of drug-likeness (QED) is 0.915. The minimum absolute atomic E-state index is 0.219. The van der Waals surface area contributed by atoms with Crippen LogP contribution >= 0.6 is 0 Å². The summed E-state index contributed by atoms with van der Waals surface area (Å²) in [6.45, 7) is 0.219. The van der Waals surface area contributed by atoms with Crippen molar-refractivity contribution in [2.45, 2.75) is 31.6 Å². The standard InChI is InChI=1S/C18H19NO3/c20-16-11-10-14-8-4-5-9-15(14)17(16)19-18(21)22-12-13-6-2-1-3-7-13/h1-9,16-17,20H,10-12H2,(H,19,21)/t16-,17-/m0/s1. The third-order valence-corrected chi connectivity index (χ3v) is 3.97. The Kier molecular flexibility index (Phi) is 4.39. The predicted molar refractivity (Wildman–Crippen MR) is 83.3 cm³/mol. The SMILES string of the molecule is O=C(N[C@H]1c2ccccc2CC[C@@H]1O)OCc1ccccc1. The maximum absolute atomic E-state index is 12.0. The lowest BCUT2D eigenvalue weighted by Gasteiger charge is -2.30. The zero-order valence-electron chi connectivity index (χ0n) is 12.2. The second-order valence-electron chi connectivity index (χ2n) is 5.49. The van der Waals surface area contributed by atoms with Gasteiger partial charge in [-0.05, 0) is 29.5 Å². The first kappa shape index (κ1) is 14.6. The first-order chi connectivity index (χ1) is 10.7. The fourth-order valence-electron chi connectivity index (χ4n) is 2.81. The van der Waals surface area contributed by atoms with Crippen LogP contribution in [0.25, 0.3) is 0 Å². The molecule has 4 heteroatoms. The highest BCUT2D eigenvalue weighted by molar-refractivity contribution is 5.68. The van der Waals surface area contributed by atoms with Gasteiger partial charge in [-0.3, -0.25) is 0 Å². The van der Waals surface area contributed by atoms with Gasteiger partial charge in [0.05, 0.1) is 12.1 Å². The van der Waals surface area contributed by atoms with Crippen molar-refractivity contribution in [2.24, 2.45) is 0 Å². The summed E-state index contributed by atoms with van der Waals surface area (Å²) < 4.78 is 5.23. The average Bonchev–Trinajstić information content (AvgIpc) is 2.56. The van der Waals surface area contributed by atoms with Crippen molar-refractivity contribution < 1.29 is 14.6 Å². The monoisotopic (exact) mass is 297 g/mol. The maximum Gasteiger partial charge on any atom is 0.408 e. The van der Waals surface area contributed by atoms with Crippen LogP contribution in [0, 0.1) is 0 Å². The number of amides is 1. The van der Waals surface area contributed by atoms with E-state index in [0.29, 0.717) is 6.42 Å². The number of carbonyl (C=O) groups is 1. The molecule has 0 radical (unpaired) electrons. The Labute approximate surface area is 129 Å². The molecule has 2 aromatic rings. The number of hydrogen-bond acceptors (Lipinski definition) is 3. The third-order valence-electron chi connectivity index (χ3n) is 3.97. The molecule has 0 fully saturated rings. The lowest BCUT2D eigenvalue weighted by Crippen LogP contribution is -2.39. The van der Waals surface area contributed by atoms with E-state index < -0.39 is 18.2 Å². The molecule has 0 bridgehead atoms. The number of aliphatic hydroxyl groups excluding tert-OH is 1. The first-order valence-electron chi connectivity index (χ1n) is 7.47. The summed E-state index contributed by atoms with van der Waals surface area (Å²) in [7, 11) is 0. The van der Waals surface area contributed by atoms with Gasteiger partial charge in [-0.1, -0.05) is 54.6 Å². The van der Waals surface area contributed by atoms with Crippen LogP contribution in [0.5, 0.6) is 0 Å². The van der Waals surface area contributed by atoms with Crippen molar-refractivity contribution in [3.63, 3.8) is 0 Å². The Morgan fingerprint density at radius 2 is 1.86 bits per heavy atom. The van der Waals surface area contributed by atoms with Gasteiger partial charge in [0, 0.05) is 0 Å². The molecule has 0 saturated heterocycles. The van der Waals surface area contributed by atoms with Crippen LogP contribution in [0.3, 0.4) is 0 Å². The van der Waals surface area contributed by atoms with E-state index >= 15 is 0 Å². The van der Waals surface area contributed by atoms with Gasteiger partial charge in [-0.15, -0.1) is 0 Å². The summed E-state index contributed by atoms with van der Waals surface area (Å²) >= 11 is 0. The van der Waals surface area contributed by atoms with Gasteiger partial charge < -0.3 is 15.2 Å². The zero-order valence-corrected chi connectivity index (χ0v) is 12.2. The van der Waals surface area contributed by atoms with Gasteiger partial charge in [0.1, 0.15) is 6.61 Å². The lowest BCUT2D eigenvalue weighted by atomic mass is 9.86. The number of benzene rings is 2. The van der Waals surface area contributed by atoms with Crippen LogP contribution in [-0.4, -0.2) is 17.3 Å². The first-order valence-corrected chi connectivity index (χ1v) is 7.47. The molecule has 0 aromatic heterocycles. The number of rotatable bonds is 3. The van der Waals surface area contributed by atoms with Gasteiger partial charge >= 0.3 is 6.09 Å². The van der Waals surface area contributed by atoms with E-state index in [-0.39, 0.29) is 6.61 Å². The fourth-order valence-corrected chi connectivity index (χ4v) is 2.81. The molecule has 0 heterocycles. The summed E-state index contributed by atoms with van der Waals surface area (Å²) in [4.78, 5) is 12.0. The molecule has 0 aliphatic heterocycles. The van der Waals surface area contributed by atoms with Gasteiger partial charge in [-0.2, -0.15) is 0 Å². The third kappa shape index (κ3) is 3.28. The second kappa shape index (κ2) is 6.62. The van der Waals surface area contributed by atoms with E-state index in [1.807, 2.05) is 54.6 Å². The highest BCUT2D eigenvalue weighted by Gasteiger charge is 2.29. The number of alkyl carbamates (subject to hydrolysis) is 1. The number of fused-ring (bicyclic) bond motifs is 1. The molecule has 114 valence electrons. The smallest absolute Gasteiger partial charge is 0.408 e. The molecule has 0 spiro atoms. The molecular formula is C18H19NO3. The topological polar surface area (TPSA) is 58.6 Å². The number of carbonyl (C=O) groups excluding carboxylic acids is 1. The van der Waals surface area contributed by atoms with Crippen molar-refractivity contribution in [1.29, 1.82) is 0 Å². The Balaban J connectivity index is 1.64. The second-order valence-corrected chi connectivity index (χ2v) is 5.49. The summed E-state index contributed by atoms with van der Waals surface area (Å²) in [6.07, 6.45) is 0.374. The van der Waals surface area contributed by atoms with Crippen molar-refractivity contribution in [3.05, 3.63) is 71.3 Å². The molecule has 2 aromatic carbocycles. The fraction of sp³-hybridized carbons (Fsp3) is 0.278. The molecule has 1 aliphatic rings. The molecule has 22 heavy (non-hydrogen) atoms. The van der Waals surface area contributed by atoms with Gasteiger partial charge in [0.15, 0.2) is 0 Å². The van der Waals surface area contributed by atoms with Gasteiger partial charge in [0.25, 0.3) is 0 Å².